The van der Waals surface area contributed by atoms with Crippen molar-refractivity contribution in [2.75, 3.05) is 7.11 Å². The van der Waals surface area contributed by atoms with Crippen LogP contribution in [0.4, 0.5) is 0 Å². The van der Waals surface area contributed by atoms with E-state index in [1.54, 1.807) is 6.20 Å². The Labute approximate surface area is 145 Å². The number of fused-ring (bicyclic) bond motifs is 3. The predicted octanol–water partition coefficient (Wildman–Crippen LogP) is 2.76. The van der Waals surface area contributed by atoms with Gasteiger partial charge in [-0.1, -0.05) is 24.3 Å². The Morgan fingerprint density at radius 2 is 2.08 bits per heavy atom. The van der Waals surface area contributed by atoms with Crippen LogP contribution in [0.5, 0.6) is 0 Å². The van der Waals surface area contributed by atoms with Crippen molar-refractivity contribution in [2.45, 2.75) is 18.5 Å². The minimum atomic E-state index is -0.364. The molecule has 3 aromatic rings. The van der Waals surface area contributed by atoms with Gasteiger partial charge in [-0.15, -0.1) is 12.4 Å². The molecule has 1 aromatic carbocycles. The molecule has 1 aliphatic heterocycles. The molecule has 24 heavy (non-hydrogen) atoms. The van der Waals surface area contributed by atoms with Gasteiger partial charge in [-0.05, 0) is 23.3 Å². The molecule has 2 atom stereocenters. The van der Waals surface area contributed by atoms with Gasteiger partial charge in [0.2, 0.25) is 0 Å². The highest BCUT2D eigenvalue weighted by molar-refractivity contribution is 5.87. The summed E-state index contributed by atoms with van der Waals surface area (Å²) in [6.07, 6.45) is 4.19. The van der Waals surface area contributed by atoms with Crippen molar-refractivity contribution in [2.24, 2.45) is 0 Å². The number of H-pyrrole nitrogens is 1. The molecule has 3 heterocycles. The maximum atomic E-state index is 12.1. The van der Waals surface area contributed by atoms with Crippen LogP contribution in [0.1, 0.15) is 22.9 Å². The highest BCUT2D eigenvalue weighted by atomic mass is 35.5. The number of para-hydroxylation sites is 1. The lowest BCUT2D eigenvalue weighted by Crippen LogP contribution is -2.45. The highest BCUT2D eigenvalue weighted by Gasteiger charge is 2.34. The summed E-state index contributed by atoms with van der Waals surface area (Å²) in [6.45, 7) is 0. The van der Waals surface area contributed by atoms with Gasteiger partial charge in [-0.2, -0.15) is 0 Å². The van der Waals surface area contributed by atoms with E-state index < -0.39 is 0 Å². The highest BCUT2D eigenvalue weighted by Crippen LogP contribution is 2.35. The molecule has 2 unspecified atom stereocenters. The number of pyridine rings is 1. The van der Waals surface area contributed by atoms with Crippen LogP contribution in [-0.2, 0) is 16.0 Å². The fourth-order valence-corrected chi connectivity index (χ4v) is 3.34. The lowest BCUT2D eigenvalue weighted by Gasteiger charge is -2.30. The zero-order chi connectivity index (χ0) is 15.8. The Morgan fingerprint density at radius 1 is 1.25 bits per heavy atom. The molecule has 1 aliphatic rings. The SMILES string of the molecule is COC(=O)C1Cc2c([nH]c3ccccc23)C(c2cccnc2)N1.Cl. The number of halogens is 1. The quantitative estimate of drug-likeness (QED) is 0.702. The van der Waals surface area contributed by atoms with E-state index in [1.807, 2.05) is 30.5 Å². The lowest BCUT2D eigenvalue weighted by molar-refractivity contribution is -0.143. The van der Waals surface area contributed by atoms with Gasteiger partial charge in [-0.25, -0.2) is 0 Å². The lowest BCUT2D eigenvalue weighted by atomic mass is 9.91. The summed E-state index contributed by atoms with van der Waals surface area (Å²) in [5.74, 6) is -0.241. The fourth-order valence-electron chi connectivity index (χ4n) is 3.34. The summed E-state index contributed by atoms with van der Waals surface area (Å²) in [7, 11) is 1.42. The molecule has 0 bridgehead atoms. The van der Waals surface area contributed by atoms with Crippen LogP contribution >= 0.6 is 12.4 Å². The van der Waals surface area contributed by atoms with E-state index in [1.165, 1.54) is 12.7 Å². The molecular formula is C18H18ClN3O2. The zero-order valence-corrected chi connectivity index (χ0v) is 14.0. The van der Waals surface area contributed by atoms with Gasteiger partial charge < -0.3 is 9.72 Å². The van der Waals surface area contributed by atoms with Crippen LogP contribution in [0.25, 0.3) is 10.9 Å². The summed E-state index contributed by atoms with van der Waals surface area (Å²) in [5.41, 5.74) is 4.37. The van der Waals surface area contributed by atoms with Crippen molar-refractivity contribution in [3.8, 4) is 0 Å². The average molecular weight is 344 g/mol. The smallest absolute Gasteiger partial charge is 0.323 e. The van der Waals surface area contributed by atoms with Gasteiger partial charge in [-0.3, -0.25) is 15.1 Å². The molecule has 0 saturated carbocycles. The molecule has 0 spiro atoms. The second-order valence-corrected chi connectivity index (χ2v) is 5.73. The number of carbonyl (C=O) groups is 1. The summed E-state index contributed by atoms with van der Waals surface area (Å²) >= 11 is 0. The summed E-state index contributed by atoms with van der Waals surface area (Å²) < 4.78 is 4.95. The zero-order valence-electron chi connectivity index (χ0n) is 13.2. The number of hydrogen-bond donors (Lipinski definition) is 2. The van der Waals surface area contributed by atoms with E-state index in [0.717, 1.165) is 22.2 Å². The second-order valence-electron chi connectivity index (χ2n) is 5.73. The average Bonchev–Trinajstić information content (AvgIpc) is 2.99. The van der Waals surface area contributed by atoms with E-state index in [9.17, 15) is 4.79 Å². The van der Waals surface area contributed by atoms with Crippen molar-refractivity contribution < 1.29 is 9.53 Å². The molecule has 2 N–H and O–H groups in total. The molecule has 124 valence electrons. The molecule has 0 aliphatic carbocycles. The van der Waals surface area contributed by atoms with Crippen LogP contribution in [0.3, 0.4) is 0 Å². The minimum absolute atomic E-state index is 0. The monoisotopic (exact) mass is 343 g/mol. The van der Waals surface area contributed by atoms with Crippen molar-refractivity contribution in [1.29, 1.82) is 0 Å². The number of carbonyl (C=O) groups excluding carboxylic acids is 1. The number of nitrogens with zero attached hydrogens (tertiary/aromatic N) is 1. The van der Waals surface area contributed by atoms with Crippen molar-refractivity contribution in [3.63, 3.8) is 0 Å². The normalized spacial score (nSPS) is 19.4. The molecule has 4 rings (SSSR count). The summed E-state index contributed by atoms with van der Waals surface area (Å²) in [4.78, 5) is 19.8. The number of ether oxygens (including phenoxy) is 1. The van der Waals surface area contributed by atoms with E-state index in [2.05, 4.69) is 27.4 Å². The molecule has 2 aromatic heterocycles. The van der Waals surface area contributed by atoms with E-state index in [4.69, 9.17) is 4.74 Å². The van der Waals surface area contributed by atoms with Gasteiger partial charge in [0.25, 0.3) is 0 Å². The number of rotatable bonds is 2. The minimum Gasteiger partial charge on any atom is -0.468 e. The van der Waals surface area contributed by atoms with Crippen LogP contribution in [0.15, 0.2) is 48.8 Å². The molecule has 0 fully saturated rings. The van der Waals surface area contributed by atoms with Gasteiger partial charge in [0.15, 0.2) is 0 Å². The van der Waals surface area contributed by atoms with E-state index >= 15 is 0 Å². The number of methoxy groups -OCH3 is 1. The largest absolute Gasteiger partial charge is 0.468 e. The Bertz CT molecular complexity index is 863. The van der Waals surface area contributed by atoms with Crippen LogP contribution in [0.2, 0.25) is 0 Å². The maximum absolute atomic E-state index is 12.1. The van der Waals surface area contributed by atoms with E-state index in [-0.39, 0.29) is 30.5 Å². The molecule has 0 saturated heterocycles. The van der Waals surface area contributed by atoms with Crippen LogP contribution < -0.4 is 5.32 Å². The molecule has 6 heteroatoms. The maximum Gasteiger partial charge on any atom is 0.323 e. The summed E-state index contributed by atoms with van der Waals surface area (Å²) in [5, 5.41) is 4.55. The third-order valence-corrected chi connectivity index (χ3v) is 4.41. The molecule has 0 amide bonds. The first-order valence-electron chi connectivity index (χ1n) is 7.61. The first kappa shape index (κ1) is 16.5. The Morgan fingerprint density at radius 3 is 2.83 bits per heavy atom. The van der Waals surface area contributed by atoms with Crippen LogP contribution in [-0.4, -0.2) is 29.1 Å². The van der Waals surface area contributed by atoms with Crippen molar-refractivity contribution in [3.05, 3.63) is 65.6 Å². The first-order chi connectivity index (χ1) is 11.3. The summed E-state index contributed by atoms with van der Waals surface area (Å²) in [6, 6.07) is 11.6. The Balaban J connectivity index is 0.00000169. The van der Waals surface area contributed by atoms with Crippen molar-refractivity contribution >= 4 is 29.3 Å². The third-order valence-electron chi connectivity index (χ3n) is 4.41. The Kier molecular flexibility index (Phi) is 4.55. The number of benzene rings is 1. The molecular weight excluding hydrogens is 326 g/mol. The number of hydrogen-bond acceptors (Lipinski definition) is 4. The third kappa shape index (κ3) is 2.66. The van der Waals surface area contributed by atoms with E-state index in [0.29, 0.717) is 6.42 Å². The van der Waals surface area contributed by atoms with Gasteiger partial charge in [0.05, 0.1) is 13.2 Å². The fraction of sp³-hybridized carbons (Fsp3) is 0.222. The number of esters is 1. The molecule has 0 radical (unpaired) electrons. The second kappa shape index (κ2) is 6.63. The van der Waals surface area contributed by atoms with Gasteiger partial charge in [0, 0.05) is 35.4 Å². The Hall–Kier alpha value is -2.37. The molecule has 5 nitrogen and oxygen atoms in total. The van der Waals surface area contributed by atoms with Gasteiger partial charge in [0.1, 0.15) is 6.04 Å². The standard InChI is InChI=1S/C18H17N3O2.ClH/c1-23-18(22)15-9-13-12-6-2-3-7-14(12)20-17(13)16(21-15)11-5-4-8-19-10-11;/h2-8,10,15-16,20-21H,9H2,1H3;1H. The number of aromatic nitrogens is 2. The number of aromatic amines is 1. The van der Waals surface area contributed by atoms with Gasteiger partial charge >= 0.3 is 5.97 Å². The van der Waals surface area contributed by atoms with Crippen molar-refractivity contribution in [1.82, 2.24) is 15.3 Å². The van der Waals surface area contributed by atoms with Crippen LogP contribution in [0, 0.1) is 0 Å². The first-order valence-corrected chi connectivity index (χ1v) is 7.61. The predicted molar refractivity (Wildman–Crippen MR) is 94.3 cm³/mol. The topological polar surface area (TPSA) is 67.0 Å². The number of nitrogens with one attached hydrogen (secondary N) is 2.